The molecule has 2 saturated heterocycles. The van der Waals surface area contributed by atoms with E-state index in [2.05, 4.69) is 31.0 Å². The Labute approximate surface area is 200 Å². The van der Waals surface area contributed by atoms with Crippen LogP contribution in [0.3, 0.4) is 0 Å². The van der Waals surface area contributed by atoms with Crippen molar-refractivity contribution in [3.63, 3.8) is 0 Å². The molecule has 2 fully saturated rings. The molecule has 2 N–H and O–H groups in total. The average molecular weight is 495 g/mol. The van der Waals surface area contributed by atoms with Gasteiger partial charge in [-0.15, -0.1) is 31.7 Å². The van der Waals surface area contributed by atoms with Crippen LogP contribution in [0.4, 0.5) is 5.13 Å². The highest BCUT2D eigenvalue weighted by Crippen LogP contribution is 2.21. The summed E-state index contributed by atoms with van der Waals surface area (Å²) in [6, 6.07) is 0. The largest absolute Gasteiger partial charge is 0.381 e. The van der Waals surface area contributed by atoms with Crippen molar-refractivity contribution in [2.75, 3.05) is 44.8 Å². The Bertz CT molecular complexity index is 836. The van der Waals surface area contributed by atoms with E-state index in [1.54, 1.807) is 0 Å². The minimum absolute atomic E-state index is 0.00464. The number of rotatable bonds is 11. The van der Waals surface area contributed by atoms with Crippen molar-refractivity contribution in [2.24, 2.45) is 11.8 Å². The predicted molar refractivity (Wildman–Crippen MR) is 125 cm³/mol. The summed E-state index contributed by atoms with van der Waals surface area (Å²) < 4.78 is 10.6. The molecule has 0 aliphatic carbocycles. The minimum atomic E-state index is -0.00591. The Hall–Kier alpha value is -1.86. The lowest BCUT2D eigenvalue weighted by Crippen LogP contribution is -2.28. The molecule has 180 valence electrons. The van der Waals surface area contributed by atoms with Crippen LogP contribution in [-0.2, 0) is 38.3 Å². The Morgan fingerprint density at radius 1 is 0.788 bits per heavy atom. The maximum Gasteiger partial charge on any atom is 0.229 e. The second kappa shape index (κ2) is 12.6. The van der Waals surface area contributed by atoms with E-state index in [-0.39, 0.29) is 23.5 Å². The van der Waals surface area contributed by atoms with Gasteiger partial charge in [-0.1, -0.05) is 11.3 Å². The lowest BCUT2D eigenvalue weighted by atomic mass is 9.94. The number of nitrogens with zero attached hydrogens (tertiary/aromatic N) is 4. The zero-order chi connectivity index (χ0) is 22.9. The number of anilines is 1. The highest BCUT2D eigenvalue weighted by atomic mass is 32.1. The second-order valence-electron chi connectivity index (χ2n) is 8.25. The van der Waals surface area contributed by atoms with Gasteiger partial charge in [0.15, 0.2) is 0 Å². The number of aromatic nitrogens is 4. The summed E-state index contributed by atoms with van der Waals surface area (Å²) in [7, 11) is 0. The van der Waals surface area contributed by atoms with Crippen molar-refractivity contribution in [1.29, 1.82) is 0 Å². The van der Waals surface area contributed by atoms with Crippen LogP contribution in [0.15, 0.2) is 0 Å². The number of ketones is 1. The van der Waals surface area contributed by atoms with Crippen LogP contribution in [0.5, 0.6) is 0 Å². The minimum Gasteiger partial charge on any atom is -0.381 e. The van der Waals surface area contributed by atoms with Crippen molar-refractivity contribution < 1.29 is 19.1 Å². The summed E-state index contributed by atoms with van der Waals surface area (Å²) in [6.07, 6.45) is 5.02. The van der Waals surface area contributed by atoms with Crippen molar-refractivity contribution in [1.82, 2.24) is 25.7 Å². The molecule has 0 unspecified atom stereocenters. The third-order valence-corrected chi connectivity index (χ3v) is 7.71. The fraction of sp³-hybridized carbons (Fsp3) is 0.714. The molecule has 4 heterocycles. The van der Waals surface area contributed by atoms with Gasteiger partial charge in [0.25, 0.3) is 0 Å². The fourth-order valence-corrected chi connectivity index (χ4v) is 5.46. The molecule has 2 aromatic heterocycles. The van der Waals surface area contributed by atoms with Crippen molar-refractivity contribution in [3.8, 4) is 0 Å². The van der Waals surface area contributed by atoms with Gasteiger partial charge in [0, 0.05) is 64.2 Å². The molecule has 2 aromatic rings. The van der Waals surface area contributed by atoms with Gasteiger partial charge in [-0.25, -0.2) is 0 Å². The van der Waals surface area contributed by atoms with Crippen molar-refractivity contribution >= 4 is 39.5 Å². The van der Waals surface area contributed by atoms with Gasteiger partial charge >= 0.3 is 0 Å². The number of carbonyl (C=O) groups is 2. The molecule has 2 aliphatic rings. The predicted octanol–water partition coefficient (Wildman–Crippen LogP) is 1.67. The number of hydrogen-bond acceptors (Lipinski definition) is 11. The Balaban J connectivity index is 1.11. The topological polar surface area (TPSA) is 128 Å². The average Bonchev–Trinajstić information content (AvgIpc) is 3.49. The van der Waals surface area contributed by atoms with Crippen molar-refractivity contribution in [2.45, 2.75) is 44.9 Å². The maximum atomic E-state index is 12.4. The molecule has 0 saturated carbocycles. The van der Waals surface area contributed by atoms with Crippen LogP contribution in [0.2, 0.25) is 0 Å². The van der Waals surface area contributed by atoms with E-state index in [0.29, 0.717) is 38.0 Å². The van der Waals surface area contributed by atoms with Crippen LogP contribution in [0, 0.1) is 11.8 Å². The number of carbonyl (C=O) groups excluding carboxylic acids is 2. The van der Waals surface area contributed by atoms with E-state index in [1.165, 1.54) is 22.7 Å². The third-order valence-electron chi connectivity index (χ3n) is 5.83. The number of ether oxygens (including phenoxy) is 2. The van der Waals surface area contributed by atoms with Crippen LogP contribution in [0.25, 0.3) is 0 Å². The van der Waals surface area contributed by atoms with Crippen LogP contribution < -0.4 is 10.6 Å². The van der Waals surface area contributed by atoms with E-state index in [9.17, 15) is 9.59 Å². The smallest absolute Gasteiger partial charge is 0.229 e. The summed E-state index contributed by atoms with van der Waals surface area (Å²) in [5, 5.41) is 26.1. The monoisotopic (exact) mass is 494 g/mol. The summed E-state index contributed by atoms with van der Waals surface area (Å²) >= 11 is 2.93. The first kappa shape index (κ1) is 24.3. The van der Waals surface area contributed by atoms with Crippen molar-refractivity contribution in [3.05, 3.63) is 15.0 Å². The van der Waals surface area contributed by atoms with E-state index in [0.717, 1.165) is 66.6 Å². The molecule has 4 rings (SSSR count). The van der Waals surface area contributed by atoms with Gasteiger partial charge in [-0.2, -0.15) is 0 Å². The molecule has 33 heavy (non-hydrogen) atoms. The maximum absolute atomic E-state index is 12.4. The summed E-state index contributed by atoms with van der Waals surface area (Å²) in [6.45, 7) is 4.15. The summed E-state index contributed by atoms with van der Waals surface area (Å²) in [4.78, 5) is 24.7. The zero-order valence-corrected chi connectivity index (χ0v) is 20.2. The summed E-state index contributed by atoms with van der Waals surface area (Å²) in [5.74, 6) is 0.349. The SMILES string of the molecule is O=C(Cc1nnc(CCNCCc2nnc(NC(=O)C3CCOCC3)s2)s1)C1CCOCC1. The molecule has 0 bridgehead atoms. The number of hydrogen-bond donors (Lipinski definition) is 2. The molecular weight excluding hydrogens is 464 g/mol. The quantitative estimate of drug-likeness (QED) is 0.448. The number of amides is 1. The van der Waals surface area contributed by atoms with Gasteiger partial charge in [0.05, 0.1) is 6.42 Å². The van der Waals surface area contributed by atoms with Crippen LogP contribution >= 0.6 is 22.7 Å². The first-order valence-corrected chi connectivity index (χ1v) is 13.1. The van der Waals surface area contributed by atoms with Crippen LogP contribution in [-0.4, -0.2) is 71.6 Å². The van der Waals surface area contributed by atoms with Gasteiger partial charge in [-0.05, 0) is 25.7 Å². The molecule has 2 aliphatic heterocycles. The van der Waals surface area contributed by atoms with Gasteiger partial charge < -0.3 is 20.1 Å². The molecule has 1 amide bonds. The molecule has 12 heteroatoms. The summed E-state index contributed by atoms with van der Waals surface area (Å²) in [5.41, 5.74) is 0. The Morgan fingerprint density at radius 2 is 1.36 bits per heavy atom. The first-order valence-electron chi connectivity index (χ1n) is 11.5. The molecule has 10 nitrogen and oxygen atoms in total. The number of Topliss-reactive ketones (excluding diaryl/α,β-unsaturated/α-hetero) is 1. The standard InChI is InChI=1S/C21H30N6O4S2/c28-16(14-3-9-30-10-4-14)13-19-26-24-17(32-19)1-7-22-8-2-18-25-27-21(33-18)23-20(29)15-5-11-31-12-6-15/h14-15,22H,1-13H2,(H,23,27,29). The third kappa shape index (κ3) is 7.57. The molecule has 0 aromatic carbocycles. The van der Waals surface area contributed by atoms with Gasteiger partial charge in [-0.3, -0.25) is 9.59 Å². The molecule has 0 atom stereocenters. The highest BCUT2D eigenvalue weighted by molar-refractivity contribution is 7.15. The number of nitrogens with one attached hydrogen (secondary N) is 2. The van der Waals surface area contributed by atoms with E-state index in [4.69, 9.17) is 9.47 Å². The van der Waals surface area contributed by atoms with E-state index in [1.807, 2.05) is 0 Å². The zero-order valence-electron chi connectivity index (χ0n) is 18.6. The Kier molecular flexibility index (Phi) is 9.24. The lowest BCUT2D eigenvalue weighted by Gasteiger charge is -2.20. The fourth-order valence-electron chi connectivity index (χ4n) is 3.86. The van der Waals surface area contributed by atoms with Crippen LogP contribution in [0.1, 0.15) is 40.7 Å². The van der Waals surface area contributed by atoms with Gasteiger partial charge in [0.1, 0.15) is 20.8 Å². The highest BCUT2D eigenvalue weighted by Gasteiger charge is 2.23. The van der Waals surface area contributed by atoms with E-state index >= 15 is 0 Å². The Morgan fingerprint density at radius 3 is 2.06 bits per heavy atom. The second-order valence-corrected chi connectivity index (χ2v) is 10.5. The molecular formula is C21H30N6O4S2. The first-order chi connectivity index (χ1) is 16.2. The van der Waals surface area contributed by atoms with E-state index < -0.39 is 0 Å². The lowest BCUT2D eigenvalue weighted by molar-refractivity contribution is -0.125. The molecule has 0 spiro atoms. The van der Waals surface area contributed by atoms with Gasteiger partial charge in [0.2, 0.25) is 11.0 Å². The molecule has 0 radical (unpaired) electrons. The normalized spacial score (nSPS) is 17.8.